The van der Waals surface area contributed by atoms with Gasteiger partial charge in [-0.1, -0.05) is 0 Å². The number of hydrogen-bond acceptors (Lipinski definition) is 3. The van der Waals surface area contributed by atoms with Crippen molar-refractivity contribution in [2.24, 2.45) is 5.73 Å². The second-order valence-corrected chi connectivity index (χ2v) is 4.76. The van der Waals surface area contributed by atoms with Crippen LogP contribution >= 0.6 is 0 Å². The topological polar surface area (TPSA) is 55.5 Å². The second kappa shape index (κ2) is 7.34. The van der Waals surface area contributed by atoms with Crippen molar-refractivity contribution in [1.29, 1.82) is 0 Å². The molecular formula is C10H11F12NO2. The smallest absolute Gasteiger partial charge is 0.384 e. The van der Waals surface area contributed by atoms with Crippen LogP contribution in [0.4, 0.5) is 52.7 Å². The minimum absolute atomic E-state index is 0.642. The van der Waals surface area contributed by atoms with Crippen LogP contribution in [0.1, 0.15) is 0 Å². The van der Waals surface area contributed by atoms with Crippen LogP contribution in [0, 0.1) is 0 Å². The van der Waals surface area contributed by atoms with Crippen LogP contribution < -0.4 is 5.73 Å². The number of hydrogen-bond donors (Lipinski definition) is 2. The summed E-state index contributed by atoms with van der Waals surface area (Å²) in [4.78, 5) is 0. The first kappa shape index (κ1) is 24.0. The summed E-state index contributed by atoms with van der Waals surface area (Å²) in [5.74, 6) is -35.5. The molecule has 0 fully saturated rings. The molecule has 0 heterocycles. The Bertz CT molecular complexity index is 442. The van der Waals surface area contributed by atoms with Crippen LogP contribution in [-0.4, -0.2) is 67.0 Å². The Morgan fingerprint density at radius 3 is 1.60 bits per heavy atom. The van der Waals surface area contributed by atoms with Crippen molar-refractivity contribution >= 4 is 0 Å². The van der Waals surface area contributed by atoms with Crippen molar-refractivity contribution in [2.75, 3.05) is 19.8 Å². The highest BCUT2D eigenvalue weighted by atomic mass is 19.4. The lowest BCUT2D eigenvalue weighted by atomic mass is 9.94. The van der Waals surface area contributed by atoms with E-state index < -0.39 is 61.9 Å². The van der Waals surface area contributed by atoms with Gasteiger partial charge in [-0.25, -0.2) is 8.78 Å². The first-order valence-corrected chi connectivity index (χ1v) is 6.03. The van der Waals surface area contributed by atoms with Gasteiger partial charge in [-0.15, -0.1) is 0 Å². The molecule has 0 aromatic rings. The van der Waals surface area contributed by atoms with Crippen molar-refractivity contribution in [3.8, 4) is 0 Å². The highest BCUT2D eigenvalue weighted by molar-refractivity contribution is 5.09. The molecule has 1 unspecified atom stereocenters. The minimum Gasteiger partial charge on any atom is -0.389 e. The van der Waals surface area contributed by atoms with Crippen molar-refractivity contribution < 1.29 is 62.5 Å². The normalized spacial score (nSPS) is 16.4. The fourth-order valence-electron chi connectivity index (χ4n) is 1.26. The predicted octanol–water partition coefficient (Wildman–Crippen LogP) is 2.76. The standard InChI is InChI=1S/C10H11F12NO2/c11-5(12)7(15,16)9(19,20)10(21,22)8(17,18)6(13,14)3-25-2-4(24)1-23/h4-5,24H,1-3,23H2. The van der Waals surface area contributed by atoms with Gasteiger partial charge in [-0.3, -0.25) is 0 Å². The fourth-order valence-corrected chi connectivity index (χ4v) is 1.26. The molecule has 3 N–H and O–H groups in total. The molecule has 0 radical (unpaired) electrons. The van der Waals surface area contributed by atoms with Gasteiger partial charge in [0.25, 0.3) is 0 Å². The van der Waals surface area contributed by atoms with E-state index in [0.717, 1.165) is 0 Å². The third kappa shape index (κ3) is 4.07. The zero-order valence-corrected chi connectivity index (χ0v) is 11.7. The predicted molar refractivity (Wildman–Crippen MR) is 56.6 cm³/mol. The van der Waals surface area contributed by atoms with Gasteiger partial charge in [0, 0.05) is 6.54 Å². The number of aliphatic hydroxyl groups excluding tert-OH is 1. The van der Waals surface area contributed by atoms with E-state index in [1.807, 2.05) is 0 Å². The van der Waals surface area contributed by atoms with Crippen LogP contribution in [0.25, 0.3) is 0 Å². The summed E-state index contributed by atoms with van der Waals surface area (Å²) in [6, 6.07) is 0. The second-order valence-electron chi connectivity index (χ2n) is 4.76. The zero-order chi connectivity index (χ0) is 20.5. The molecule has 0 aromatic carbocycles. The Balaban J connectivity index is 5.64. The van der Waals surface area contributed by atoms with Gasteiger partial charge in [0.2, 0.25) is 0 Å². The number of nitrogens with two attached hydrogens (primary N) is 1. The summed E-state index contributed by atoms with van der Waals surface area (Å²) in [7, 11) is 0. The number of aliphatic hydroxyl groups is 1. The van der Waals surface area contributed by atoms with Crippen molar-refractivity contribution in [1.82, 2.24) is 0 Å². The summed E-state index contributed by atoms with van der Waals surface area (Å²) in [6.45, 7) is -4.57. The molecule has 152 valence electrons. The third-order valence-electron chi connectivity index (χ3n) is 2.81. The SMILES string of the molecule is NCC(O)COCC(F)(F)C(F)(F)C(F)(F)C(F)(F)C(F)(F)C(F)F. The van der Waals surface area contributed by atoms with Crippen molar-refractivity contribution in [3.63, 3.8) is 0 Å². The van der Waals surface area contributed by atoms with E-state index in [2.05, 4.69) is 4.74 Å². The Kier molecular flexibility index (Phi) is 7.06. The molecule has 0 bridgehead atoms. The average Bonchev–Trinajstić information content (AvgIpc) is 2.45. The average molecular weight is 405 g/mol. The molecule has 0 rings (SSSR count). The highest BCUT2D eigenvalue weighted by Gasteiger charge is 2.87. The van der Waals surface area contributed by atoms with Crippen molar-refractivity contribution in [2.45, 2.75) is 42.1 Å². The van der Waals surface area contributed by atoms with E-state index in [-0.39, 0.29) is 0 Å². The largest absolute Gasteiger partial charge is 0.389 e. The van der Waals surface area contributed by atoms with Gasteiger partial charge >= 0.3 is 36.0 Å². The molecule has 1 atom stereocenters. The van der Waals surface area contributed by atoms with Gasteiger partial charge in [-0.2, -0.15) is 43.9 Å². The molecule has 0 saturated carbocycles. The number of alkyl halides is 12. The quantitative estimate of drug-likeness (QED) is 0.550. The van der Waals surface area contributed by atoms with E-state index in [4.69, 9.17) is 10.8 Å². The van der Waals surface area contributed by atoms with Crippen molar-refractivity contribution in [3.05, 3.63) is 0 Å². The molecule has 0 aromatic heterocycles. The lowest BCUT2D eigenvalue weighted by molar-refractivity contribution is -0.415. The summed E-state index contributed by atoms with van der Waals surface area (Å²) < 4.78 is 157. The Hall–Kier alpha value is -0.960. The van der Waals surface area contributed by atoms with Crippen LogP contribution in [0.2, 0.25) is 0 Å². The number of rotatable bonds is 10. The van der Waals surface area contributed by atoms with Gasteiger partial charge in [0.15, 0.2) is 0 Å². The highest BCUT2D eigenvalue weighted by Crippen LogP contribution is 2.58. The summed E-state index contributed by atoms with van der Waals surface area (Å²) in [5, 5.41) is 8.78. The number of halogens is 12. The molecular weight excluding hydrogens is 394 g/mol. The molecule has 3 nitrogen and oxygen atoms in total. The maximum absolute atomic E-state index is 13.1. The molecule has 25 heavy (non-hydrogen) atoms. The lowest BCUT2D eigenvalue weighted by Gasteiger charge is -2.39. The van der Waals surface area contributed by atoms with E-state index in [0.29, 0.717) is 0 Å². The monoisotopic (exact) mass is 405 g/mol. The fraction of sp³-hybridized carbons (Fsp3) is 1.00. The van der Waals surface area contributed by atoms with E-state index in [1.165, 1.54) is 0 Å². The summed E-state index contributed by atoms with van der Waals surface area (Å²) >= 11 is 0. The number of ether oxygens (including phenoxy) is 1. The Labute approximate surface area is 131 Å². The molecule has 0 aliphatic heterocycles. The van der Waals surface area contributed by atoms with Gasteiger partial charge in [-0.05, 0) is 0 Å². The third-order valence-corrected chi connectivity index (χ3v) is 2.81. The minimum atomic E-state index is -7.58. The summed E-state index contributed by atoms with van der Waals surface area (Å²) in [6.07, 6.45) is -7.26. The van der Waals surface area contributed by atoms with Crippen LogP contribution in [0.3, 0.4) is 0 Å². The molecule has 15 heteroatoms. The van der Waals surface area contributed by atoms with Crippen LogP contribution in [0.5, 0.6) is 0 Å². The molecule has 0 amide bonds. The lowest BCUT2D eigenvalue weighted by Crippen LogP contribution is -2.69. The van der Waals surface area contributed by atoms with Gasteiger partial charge < -0.3 is 15.6 Å². The first-order chi connectivity index (χ1) is 10.9. The molecule has 0 spiro atoms. The maximum atomic E-state index is 13.1. The van der Waals surface area contributed by atoms with Crippen LogP contribution in [0.15, 0.2) is 0 Å². The maximum Gasteiger partial charge on any atom is 0.384 e. The van der Waals surface area contributed by atoms with Gasteiger partial charge in [0.05, 0.1) is 12.7 Å². The van der Waals surface area contributed by atoms with Gasteiger partial charge in [0.1, 0.15) is 6.61 Å². The zero-order valence-electron chi connectivity index (χ0n) is 11.7. The molecule has 0 aliphatic rings. The van der Waals surface area contributed by atoms with E-state index >= 15 is 0 Å². The van der Waals surface area contributed by atoms with Crippen LogP contribution in [-0.2, 0) is 4.74 Å². The molecule has 0 saturated heterocycles. The molecule has 0 aliphatic carbocycles. The Morgan fingerprint density at radius 2 is 1.24 bits per heavy atom. The Morgan fingerprint density at radius 1 is 0.800 bits per heavy atom. The van der Waals surface area contributed by atoms with E-state index in [9.17, 15) is 52.7 Å². The first-order valence-electron chi connectivity index (χ1n) is 6.03. The van der Waals surface area contributed by atoms with E-state index in [1.54, 1.807) is 0 Å². The summed E-state index contributed by atoms with van der Waals surface area (Å²) in [5.41, 5.74) is 4.77.